The van der Waals surface area contributed by atoms with Crippen molar-refractivity contribution in [2.45, 2.75) is 6.54 Å². The van der Waals surface area contributed by atoms with Crippen LogP contribution in [0.1, 0.15) is 5.89 Å². The van der Waals surface area contributed by atoms with Crippen molar-refractivity contribution < 1.29 is 18.8 Å². The Morgan fingerprint density at radius 2 is 2.42 bits per heavy atom. The molecule has 0 saturated heterocycles. The first-order valence-corrected chi connectivity index (χ1v) is 5.43. The molecule has 0 spiro atoms. The monoisotopic (exact) mass is 261 g/mol. The van der Waals surface area contributed by atoms with E-state index >= 15 is 0 Å². The molecule has 2 rings (SSSR count). The molecule has 0 atom stereocenters. The highest BCUT2D eigenvalue weighted by molar-refractivity contribution is 5.69. The molecule has 0 amide bonds. The van der Waals surface area contributed by atoms with Crippen molar-refractivity contribution in [2.75, 3.05) is 13.1 Å². The molecule has 19 heavy (non-hydrogen) atoms. The number of nitrogens with zero attached hydrogens (tertiary/aromatic N) is 3. The Balaban J connectivity index is 2.06. The van der Waals surface area contributed by atoms with E-state index in [0.717, 1.165) is 0 Å². The van der Waals surface area contributed by atoms with Crippen molar-refractivity contribution in [3.8, 4) is 23.9 Å². The number of rotatable bonds is 6. The second-order valence-electron chi connectivity index (χ2n) is 3.73. The number of hydrogen-bond acceptors (Lipinski definition) is 6. The molecule has 0 aliphatic heterocycles. The molecule has 98 valence electrons. The normalized spacial score (nSPS) is 10.5. The van der Waals surface area contributed by atoms with Gasteiger partial charge in [-0.05, 0) is 12.1 Å². The van der Waals surface area contributed by atoms with Crippen LogP contribution in [0.15, 0.2) is 27.3 Å². The Morgan fingerprint density at radius 3 is 3.05 bits per heavy atom. The van der Waals surface area contributed by atoms with Gasteiger partial charge in [0.2, 0.25) is 11.7 Å². The Bertz CT molecular complexity index is 582. The maximum atomic E-state index is 10.7. The van der Waals surface area contributed by atoms with Crippen LogP contribution in [0.2, 0.25) is 0 Å². The van der Waals surface area contributed by atoms with Gasteiger partial charge in [0.1, 0.15) is 0 Å². The Hall–Kier alpha value is -2.59. The summed E-state index contributed by atoms with van der Waals surface area (Å²) in [6, 6.07) is 3.41. The molecule has 1 N–H and O–H groups in total. The van der Waals surface area contributed by atoms with E-state index in [9.17, 15) is 4.79 Å². The molecule has 0 radical (unpaired) electrons. The fourth-order valence-corrected chi connectivity index (χ4v) is 1.50. The molecule has 0 aliphatic rings. The number of aliphatic carboxylic acids is 1. The molecule has 2 aromatic heterocycles. The molecular weight excluding hydrogens is 250 g/mol. The molecule has 7 heteroatoms. The first-order valence-electron chi connectivity index (χ1n) is 5.43. The lowest BCUT2D eigenvalue weighted by molar-refractivity contribution is -0.138. The third kappa shape index (κ3) is 3.43. The number of carboxylic acids is 1. The second-order valence-corrected chi connectivity index (χ2v) is 3.73. The molecule has 0 aliphatic carbocycles. The van der Waals surface area contributed by atoms with Crippen molar-refractivity contribution in [1.29, 1.82) is 0 Å². The summed E-state index contributed by atoms with van der Waals surface area (Å²) in [4.78, 5) is 16.3. The number of hydrogen-bond donors (Lipinski definition) is 1. The molecule has 2 aromatic rings. The highest BCUT2D eigenvalue weighted by Gasteiger charge is 2.15. The SMILES string of the molecule is C#CCN(CC(=O)O)Cc1nc(-c2ccco2)no1. The van der Waals surface area contributed by atoms with Crippen LogP contribution in [0.3, 0.4) is 0 Å². The van der Waals surface area contributed by atoms with Crippen molar-refractivity contribution in [2.24, 2.45) is 0 Å². The number of terminal acetylenes is 1. The van der Waals surface area contributed by atoms with Gasteiger partial charge < -0.3 is 14.0 Å². The van der Waals surface area contributed by atoms with Gasteiger partial charge in [0, 0.05) is 0 Å². The predicted octanol–water partition coefficient (Wildman–Crippen LogP) is 0.849. The summed E-state index contributed by atoms with van der Waals surface area (Å²) in [5.74, 6) is 2.49. The van der Waals surface area contributed by atoms with Crippen LogP contribution in [0.4, 0.5) is 0 Å². The summed E-state index contributed by atoms with van der Waals surface area (Å²) in [5, 5.41) is 12.5. The lowest BCUT2D eigenvalue weighted by Crippen LogP contribution is -2.29. The van der Waals surface area contributed by atoms with Gasteiger partial charge in [-0.3, -0.25) is 9.69 Å². The lowest BCUT2D eigenvalue weighted by atomic mass is 10.4. The summed E-state index contributed by atoms with van der Waals surface area (Å²) in [5.41, 5.74) is 0. The van der Waals surface area contributed by atoms with E-state index in [1.807, 2.05) is 0 Å². The van der Waals surface area contributed by atoms with Crippen molar-refractivity contribution in [1.82, 2.24) is 15.0 Å². The maximum absolute atomic E-state index is 10.7. The van der Waals surface area contributed by atoms with Crippen LogP contribution < -0.4 is 0 Å². The second kappa shape index (κ2) is 5.84. The van der Waals surface area contributed by atoms with Gasteiger partial charge in [0.05, 0.1) is 25.9 Å². The maximum Gasteiger partial charge on any atom is 0.317 e. The minimum Gasteiger partial charge on any atom is -0.480 e. The number of carboxylic acid groups (broad SMARTS) is 1. The third-order valence-corrected chi connectivity index (χ3v) is 2.24. The van der Waals surface area contributed by atoms with Gasteiger partial charge in [0.25, 0.3) is 0 Å². The lowest BCUT2D eigenvalue weighted by Gasteiger charge is -2.13. The van der Waals surface area contributed by atoms with Crippen LogP contribution in [-0.4, -0.2) is 39.2 Å². The van der Waals surface area contributed by atoms with Crippen LogP contribution in [0, 0.1) is 12.3 Å². The molecule has 0 fully saturated rings. The zero-order valence-corrected chi connectivity index (χ0v) is 9.94. The molecule has 2 heterocycles. The van der Waals surface area contributed by atoms with Gasteiger partial charge in [-0.15, -0.1) is 6.42 Å². The average molecular weight is 261 g/mol. The van der Waals surface area contributed by atoms with Crippen LogP contribution >= 0.6 is 0 Å². The summed E-state index contributed by atoms with van der Waals surface area (Å²) >= 11 is 0. The highest BCUT2D eigenvalue weighted by Crippen LogP contribution is 2.16. The van der Waals surface area contributed by atoms with Gasteiger partial charge in [-0.1, -0.05) is 11.1 Å². The van der Waals surface area contributed by atoms with E-state index in [4.69, 9.17) is 20.5 Å². The van der Waals surface area contributed by atoms with E-state index in [-0.39, 0.29) is 25.5 Å². The Kier molecular flexibility index (Phi) is 3.95. The quantitative estimate of drug-likeness (QED) is 0.770. The number of carbonyl (C=O) groups is 1. The molecule has 0 saturated carbocycles. The van der Waals surface area contributed by atoms with Gasteiger partial charge in [-0.25, -0.2) is 0 Å². The standard InChI is InChI=1S/C12H11N3O4/c1-2-5-15(8-11(16)17)7-10-13-12(14-19-10)9-4-3-6-18-9/h1,3-4,6H,5,7-8H2,(H,16,17). The fraction of sp³-hybridized carbons (Fsp3) is 0.250. The van der Waals surface area contributed by atoms with Crippen LogP contribution in [0.25, 0.3) is 11.6 Å². The number of furan rings is 1. The van der Waals surface area contributed by atoms with Gasteiger partial charge in [-0.2, -0.15) is 4.98 Å². The molecule has 0 bridgehead atoms. The summed E-state index contributed by atoms with van der Waals surface area (Å²) in [7, 11) is 0. The average Bonchev–Trinajstić information content (AvgIpc) is 2.97. The first kappa shape index (κ1) is 12.9. The van der Waals surface area contributed by atoms with Crippen LogP contribution in [-0.2, 0) is 11.3 Å². The topological polar surface area (TPSA) is 92.6 Å². The van der Waals surface area contributed by atoms with Crippen LogP contribution in [0.5, 0.6) is 0 Å². The smallest absolute Gasteiger partial charge is 0.317 e. The predicted molar refractivity (Wildman–Crippen MR) is 63.7 cm³/mol. The largest absolute Gasteiger partial charge is 0.480 e. The molecule has 0 aromatic carbocycles. The highest BCUT2D eigenvalue weighted by atomic mass is 16.5. The van der Waals surface area contributed by atoms with Gasteiger partial charge >= 0.3 is 5.97 Å². The summed E-state index contributed by atoms with van der Waals surface area (Å²) in [6.07, 6.45) is 6.68. The summed E-state index contributed by atoms with van der Waals surface area (Å²) < 4.78 is 10.1. The molecule has 7 nitrogen and oxygen atoms in total. The first-order chi connectivity index (χ1) is 9.19. The third-order valence-electron chi connectivity index (χ3n) is 2.24. The number of aromatic nitrogens is 2. The summed E-state index contributed by atoms with van der Waals surface area (Å²) in [6.45, 7) is 0.164. The van der Waals surface area contributed by atoms with E-state index in [1.54, 1.807) is 12.1 Å². The van der Waals surface area contributed by atoms with Crippen molar-refractivity contribution >= 4 is 5.97 Å². The zero-order valence-electron chi connectivity index (χ0n) is 9.94. The van der Waals surface area contributed by atoms with E-state index < -0.39 is 5.97 Å². The van der Waals surface area contributed by atoms with E-state index in [1.165, 1.54) is 11.2 Å². The molecular formula is C12H11N3O4. The Morgan fingerprint density at radius 1 is 1.58 bits per heavy atom. The fourth-order valence-electron chi connectivity index (χ4n) is 1.50. The van der Waals surface area contributed by atoms with E-state index in [2.05, 4.69) is 16.1 Å². The van der Waals surface area contributed by atoms with Gasteiger partial charge in [0.15, 0.2) is 5.76 Å². The zero-order chi connectivity index (χ0) is 13.7. The minimum absolute atomic E-state index is 0.171. The van der Waals surface area contributed by atoms with Crippen molar-refractivity contribution in [3.05, 3.63) is 24.3 Å². The minimum atomic E-state index is -0.971. The van der Waals surface area contributed by atoms with E-state index in [0.29, 0.717) is 11.6 Å². The molecule has 0 unspecified atom stereocenters. The Labute approximate surface area is 108 Å². The van der Waals surface area contributed by atoms with Crippen molar-refractivity contribution in [3.63, 3.8) is 0 Å².